The number of primary amides is 1. The quantitative estimate of drug-likeness (QED) is 0.628. The number of hydrogen-bond donors (Lipinski definition) is 3. The lowest BCUT2D eigenvalue weighted by Gasteiger charge is -2.19. The second-order valence-electron chi connectivity index (χ2n) is 4.40. The van der Waals surface area contributed by atoms with Gasteiger partial charge in [0.15, 0.2) is 5.03 Å². The van der Waals surface area contributed by atoms with Crippen LogP contribution in [0, 0.1) is 0 Å². The topological polar surface area (TPSA) is 135 Å². The first-order chi connectivity index (χ1) is 9.89. The second-order valence-corrected chi connectivity index (χ2v) is 6.31. The van der Waals surface area contributed by atoms with Gasteiger partial charge in [0, 0.05) is 12.2 Å². The van der Waals surface area contributed by atoms with Gasteiger partial charge in [-0.15, -0.1) is 0 Å². The van der Waals surface area contributed by atoms with E-state index >= 15 is 0 Å². The molecule has 0 aliphatic carbocycles. The number of hydrogen-bond acceptors (Lipinski definition) is 5. The third-order valence-electron chi connectivity index (χ3n) is 2.76. The Morgan fingerprint density at radius 3 is 2.43 bits per heavy atom. The molecule has 0 spiro atoms. The highest BCUT2D eigenvalue weighted by Gasteiger charge is 2.27. The molecule has 0 atom stereocenters. The molecule has 0 saturated carbocycles. The number of anilines is 1. The van der Waals surface area contributed by atoms with Crippen LogP contribution < -0.4 is 11.5 Å². The highest BCUT2D eigenvalue weighted by atomic mass is 32.2. The number of sulfonamides is 1. The molecule has 9 heteroatoms. The van der Waals surface area contributed by atoms with Crippen molar-refractivity contribution in [3.05, 3.63) is 42.1 Å². The van der Waals surface area contributed by atoms with Crippen LogP contribution in [0.2, 0.25) is 0 Å². The number of nitrogens with one attached hydrogen (secondary N) is 1. The molecule has 0 unspecified atom stereocenters. The molecular formula is C12H15N5O3S. The summed E-state index contributed by atoms with van der Waals surface area (Å²) in [6, 6.07) is 7.99. The Kier molecular flexibility index (Phi) is 4.24. The van der Waals surface area contributed by atoms with Gasteiger partial charge in [-0.25, -0.2) is 8.42 Å². The van der Waals surface area contributed by atoms with E-state index in [2.05, 4.69) is 10.2 Å². The minimum Gasteiger partial charge on any atom is -0.399 e. The van der Waals surface area contributed by atoms with E-state index in [-0.39, 0.29) is 11.6 Å². The maximum Gasteiger partial charge on any atom is 0.260 e. The molecule has 0 aliphatic heterocycles. The van der Waals surface area contributed by atoms with Crippen LogP contribution >= 0.6 is 0 Å². The SMILES string of the molecule is NC(=O)CN(Cc1ccc(N)cc1)S(=O)(=O)c1ccn[nH]1. The lowest BCUT2D eigenvalue weighted by Crippen LogP contribution is -2.38. The summed E-state index contributed by atoms with van der Waals surface area (Å²) in [4.78, 5) is 11.1. The maximum atomic E-state index is 12.4. The molecule has 0 fully saturated rings. The lowest BCUT2D eigenvalue weighted by molar-refractivity contribution is -0.118. The fourth-order valence-electron chi connectivity index (χ4n) is 1.75. The Labute approximate surface area is 121 Å². The van der Waals surface area contributed by atoms with E-state index in [0.717, 1.165) is 4.31 Å². The molecule has 0 saturated heterocycles. The Bertz CT molecular complexity index is 710. The molecule has 2 rings (SSSR count). The summed E-state index contributed by atoms with van der Waals surface area (Å²) in [6.07, 6.45) is 1.32. The first-order valence-corrected chi connectivity index (χ1v) is 7.46. The average molecular weight is 309 g/mol. The van der Waals surface area contributed by atoms with E-state index in [9.17, 15) is 13.2 Å². The average Bonchev–Trinajstić information content (AvgIpc) is 2.94. The monoisotopic (exact) mass is 309 g/mol. The van der Waals surface area contributed by atoms with Crippen LogP contribution in [0.4, 0.5) is 5.69 Å². The van der Waals surface area contributed by atoms with E-state index in [4.69, 9.17) is 11.5 Å². The minimum atomic E-state index is -3.88. The van der Waals surface area contributed by atoms with E-state index in [1.165, 1.54) is 12.3 Å². The molecule has 0 radical (unpaired) electrons. The van der Waals surface area contributed by atoms with Crippen molar-refractivity contribution in [2.75, 3.05) is 12.3 Å². The van der Waals surface area contributed by atoms with E-state index in [1.54, 1.807) is 24.3 Å². The minimum absolute atomic E-state index is 0.00454. The van der Waals surface area contributed by atoms with Gasteiger partial charge in [0.25, 0.3) is 10.0 Å². The number of benzene rings is 1. The second kappa shape index (κ2) is 5.94. The Morgan fingerprint density at radius 2 is 1.90 bits per heavy atom. The number of carbonyl (C=O) groups excluding carboxylic acids is 1. The molecule has 112 valence electrons. The third-order valence-corrected chi connectivity index (χ3v) is 4.49. The first kappa shape index (κ1) is 15.0. The first-order valence-electron chi connectivity index (χ1n) is 6.02. The van der Waals surface area contributed by atoms with Gasteiger partial charge in [0.1, 0.15) is 0 Å². The number of aromatic nitrogens is 2. The largest absolute Gasteiger partial charge is 0.399 e. The fraction of sp³-hybridized carbons (Fsp3) is 0.167. The van der Waals surface area contributed by atoms with Gasteiger partial charge in [-0.3, -0.25) is 9.89 Å². The van der Waals surface area contributed by atoms with E-state index < -0.39 is 22.5 Å². The van der Waals surface area contributed by atoms with Crippen LogP contribution in [-0.2, 0) is 21.4 Å². The summed E-state index contributed by atoms with van der Waals surface area (Å²) in [5.74, 6) is -0.742. The predicted molar refractivity (Wildman–Crippen MR) is 76.2 cm³/mol. The normalized spacial score (nSPS) is 11.7. The van der Waals surface area contributed by atoms with E-state index in [0.29, 0.717) is 11.3 Å². The van der Waals surface area contributed by atoms with Gasteiger partial charge in [-0.2, -0.15) is 9.40 Å². The molecule has 5 N–H and O–H groups in total. The van der Waals surface area contributed by atoms with Crippen LogP contribution in [0.25, 0.3) is 0 Å². The third kappa shape index (κ3) is 3.58. The molecule has 0 aliphatic rings. The molecule has 1 amide bonds. The lowest BCUT2D eigenvalue weighted by atomic mass is 10.2. The van der Waals surface area contributed by atoms with Crippen molar-refractivity contribution in [2.45, 2.75) is 11.6 Å². The number of nitrogens with zero attached hydrogens (tertiary/aromatic N) is 2. The van der Waals surface area contributed by atoms with Crippen LogP contribution in [0.3, 0.4) is 0 Å². The molecule has 0 bridgehead atoms. The van der Waals surface area contributed by atoms with Crippen molar-refractivity contribution in [1.82, 2.24) is 14.5 Å². The summed E-state index contributed by atoms with van der Waals surface area (Å²) >= 11 is 0. The maximum absolute atomic E-state index is 12.4. The van der Waals surface area contributed by atoms with Crippen molar-refractivity contribution >= 4 is 21.6 Å². The molecular weight excluding hydrogens is 294 g/mol. The van der Waals surface area contributed by atoms with Gasteiger partial charge >= 0.3 is 0 Å². The van der Waals surface area contributed by atoms with Gasteiger partial charge in [-0.05, 0) is 23.8 Å². The summed E-state index contributed by atoms with van der Waals surface area (Å²) in [5, 5.41) is 5.88. The molecule has 1 aromatic heterocycles. The summed E-state index contributed by atoms with van der Waals surface area (Å²) in [5.41, 5.74) is 12.0. The van der Waals surface area contributed by atoms with Crippen molar-refractivity contribution in [2.24, 2.45) is 5.73 Å². The summed E-state index contributed by atoms with van der Waals surface area (Å²) in [7, 11) is -3.88. The number of nitrogen functional groups attached to an aromatic ring is 1. The standard InChI is InChI=1S/C12H15N5O3S/c13-10-3-1-9(2-4-10)7-17(8-11(14)18)21(19,20)12-5-6-15-16-12/h1-6H,7-8,13H2,(H2,14,18)(H,15,16). The van der Waals surface area contributed by atoms with Gasteiger partial charge in [0.05, 0.1) is 12.7 Å². The number of aromatic amines is 1. The Balaban J connectivity index is 2.30. The molecule has 1 aromatic carbocycles. The van der Waals surface area contributed by atoms with E-state index in [1.807, 2.05) is 0 Å². The zero-order valence-electron chi connectivity index (χ0n) is 11.1. The van der Waals surface area contributed by atoms with Gasteiger partial charge < -0.3 is 11.5 Å². The number of nitrogens with two attached hydrogens (primary N) is 2. The summed E-state index contributed by atoms with van der Waals surface area (Å²) in [6.45, 7) is -0.420. The van der Waals surface area contributed by atoms with Crippen LogP contribution in [-0.4, -0.2) is 35.4 Å². The zero-order valence-corrected chi connectivity index (χ0v) is 11.9. The molecule has 21 heavy (non-hydrogen) atoms. The predicted octanol–water partition coefficient (Wildman–Crippen LogP) is -0.332. The zero-order chi connectivity index (χ0) is 15.5. The fourth-order valence-corrected chi connectivity index (χ4v) is 3.05. The van der Waals surface area contributed by atoms with Crippen molar-refractivity contribution < 1.29 is 13.2 Å². The van der Waals surface area contributed by atoms with Crippen LogP contribution in [0.5, 0.6) is 0 Å². The van der Waals surface area contributed by atoms with Crippen LogP contribution in [0.15, 0.2) is 41.6 Å². The molecule has 8 nitrogen and oxygen atoms in total. The van der Waals surface area contributed by atoms with Crippen molar-refractivity contribution in [1.29, 1.82) is 0 Å². The highest BCUT2D eigenvalue weighted by Crippen LogP contribution is 2.16. The molecule has 2 aromatic rings. The Morgan fingerprint density at radius 1 is 1.24 bits per heavy atom. The number of amides is 1. The van der Waals surface area contributed by atoms with Gasteiger partial charge in [0.2, 0.25) is 5.91 Å². The number of rotatable bonds is 6. The Hall–Kier alpha value is -2.39. The number of H-pyrrole nitrogens is 1. The van der Waals surface area contributed by atoms with Gasteiger partial charge in [-0.1, -0.05) is 12.1 Å². The van der Waals surface area contributed by atoms with Crippen LogP contribution in [0.1, 0.15) is 5.56 Å². The smallest absolute Gasteiger partial charge is 0.260 e. The molecule has 1 heterocycles. The summed E-state index contributed by atoms with van der Waals surface area (Å²) < 4.78 is 25.8. The van der Waals surface area contributed by atoms with Crippen molar-refractivity contribution in [3.63, 3.8) is 0 Å². The highest BCUT2D eigenvalue weighted by molar-refractivity contribution is 7.89. The van der Waals surface area contributed by atoms with Crippen molar-refractivity contribution in [3.8, 4) is 0 Å². The number of carbonyl (C=O) groups is 1.